The Hall–Kier alpha value is 0.220. The largest absolute Gasteiger partial charge is 0.364 e. The molecule has 0 aromatic carbocycles. The Balaban J connectivity index is 1.72. The molecule has 3 rings (SSSR count). The van der Waals surface area contributed by atoms with Gasteiger partial charge in [0.15, 0.2) is 5.79 Å². The molecule has 5 atom stereocenters. The third kappa shape index (κ3) is 2.11. The van der Waals surface area contributed by atoms with Crippen LogP contribution in [0.3, 0.4) is 0 Å². The highest BCUT2D eigenvalue weighted by atomic mass is 35.6. The van der Waals surface area contributed by atoms with Gasteiger partial charge in [-0.25, -0.2) is 0 Å². The van der Waals surface area contributed by atoms with Gasteiger partial charge in [-0.3, -0.25) is 4.79 Å². The second kappa shape index (κ2) is 3.87. The quantitative estimate of drug-likeness (QED) is 0.582. The maximum atomic E-state index is 11.7. The van der Waals surface area contributed by atoms with Crippen LogP contribution < -0.4 is 5.32 Å². The monoisotopic (exact) mass is 315 g/mol. The molecule has 1 aliphatic carbocycles. The third-order valence-corrected chi connectivity index (χ3v) is 3.83. The lowest BCUT2D eigenvalue weighted by atomic mass is 10.2. The number of alkyl halides is 3. The van der Waals surface area contributed by atoms with Crippen molar-refractivity contribution in [3.05, 3.63) is 0 Å². The lowest BCUT2D eigenvalue weighted by Gasteiger charge is -2.24. The van der Waals surface area contributed by atoms with Gasteiger partial charge in [0.1, 0.15) is 24.4 Å². The standard InChI is InChI=1S/C10H12Cl3NO4/c1-9(2)17-5-3(14-8(15)10(11,12)13)4-6(16-4)7(5)18-9/h3-7H,1-2H3,(H,14,15)/t3-,4+,5+,6+,7+/m0/s1. The fourth-order valence-electron chi connectivity index (χ4n) is 2.62. The molecule has 1 saturated carbocycles. The molecule has 102 valence electrons. The van der Waals surface area contributed by atoms with E-state index in [4.69, 9.17) is 49.0 Å². The zero-order chi connectivity index (χ0) is 13.3. The van der Waals surface area contributed by atoms with Crippen LogP contribution in [0.4, 0.5) is 0 Å². The number of rotatable bonds is 1. The van der Waals surface area contributed by atoms with E-state index in [1.165, 1.54) is 0 Å². The van der Waals surface area contributed by atoms with Gasteiger partial charge in [0.2, 0.25) is 0 Å². The van der Waals surface area contributed by atoms with Gasteiger partial charge in [0.25, 0.3) is 9.70 Å². The Bertz CT molecular complexity index is 397. The summed E-state index contributed by atoms with van der Waals surface area (Å²) in [5.41, 5.74) is 0. The molecule has 3 fully saturated rings. The number of hydrogen-bond acceptors (Lipinski definition) is 4. The average molecular weight is 317 g/mol. The first-order valence-electron chi connectivity index (χ1n) is 5.58. The van der Waals surface area contributed by atoms with Gasteiger partial charge >= 0.3 is 0 Å². The smallest absolute Gasteiger partial charge is 0.272 e. The molecule has 0 bridgehead atoms. The molecule has 2 saturated heterocycles. The molecule has 2 aliphatic heterocycles. The number of amides is 1. The van der Waals surface area contributed by atoms with Gasteiger partial charge in [-0.1, -0.05) is 34.8 Å². The van der Waals surface area contributed by atoms with Crippen molar-refractivity contribution in [1.29, 1.82) is 0 Å². The molecular weight excluding hydrogens is 304 g/mol. The second-order valence-corrected chi connectivity index (χ2v) is 7.41. The summed E-state index contributed by atoms with van der Waals surface area (Å²) < 4.78 is 14.9. The van der Waals surface area contributed by atoms with Crippen LogP contribution >= 0.6 is 34.8 Å². The molecule has 3 aliphatic rings. The molecule has 5 nitrogen and oxygen atoms in total. The van der Waals surface area contributed by atoms with Crippen LogP contribution in [-0.2, 0) is 19.0 Å². The number of fused-ring (bicyclic) bond motifs is 3. The lowest BCUT2D eigenvalue weighted by molar-refractivity contribution is -0.152. The van der Waals surface area contributed by atoms with Crippen LogP contribution in [0.2, 0.25) is 0 Å². The van der Waals surface area contributed by atoms with Gasteiger partial charge < -0.3 is 19.5 Å². The van der Waals surface area contributed by atoms with Crippen LogP contribution in [-0.4, -0.2) is 45.9 Å². The van der Waals surface area contributed by atoms with Crippen LogP contribution in [0, 0.1) is 0 Å². The normalized spacial score (nSPS) is 44.4. The minimum Gasteiger partial charge on any atom is -0.364 e. The second-order valence-electron chi connectivity index (χ2n) is 5.13. The lowest BCUT2D eigenvalue weighted by Crippen LogP contribution is -2.50. The first-order chi connectivity index (χ1) is 8.19. The molecule has 0 aromatic heterocycles. The fraction of sp³-hybridized carbons (Fsp3) is 0.900. The third-order valence-electron chi connectivity index (χ3n) is 3.31. The van der Waals surface area contributed by atoms with Crippen LogP contribution in [0.5, 0.6) is 0 Å². The van der Waals surface area contributed by atoms with Gasteiger partial charge in [0, 0.05) is 0 Å². The maximum Gasteiger partial charge on any atom is 0.272 e. The van der Waals surface area contributed by atoms with E-state index < -0.39 is 15.5 Å². The number of epoxide rings is 1. The van der Waals surface area contributed by atoms with Crippen molar-refractivity contribution in [1.82, 2.24) is 5.32 Å². The summed E-state index contributed by atoms with van der Waals surface area (Å²) in [6.07, 6.45) is -0.601. The highest BCUT2D eigenvalue weighted by molar-refractivity contribution is 6.76. The number of carbonyl (C=O) groups excluding carboxylic acids is 1. The topological polar surface area (TPSA) is 60.1 Å². The molecular formula is C10H12Cl3NO4. The van der Waals surface area contributed by atoms with Gasteiger partial charge in [0.05, 0.1) is 6.04 Å². The molecule has 18 heavy (non-hydrogen) atoms. The van der Waals surface area contributed by atoms with Crippen molar-refractivity contribution in [3.63, 3.8) is 0 Å². The Morgan fingerprint density at radius 1 is 1.11 bits per heavy atom. The van der Waals surface area contributed by atoms with Crippen molar-refractivity contribution in [2.45, 2.75) is 53.9 Å². The molecule has 2 heterocycles. The Morgan fingerprint density at radius 2 is 1.72 bits per heavy atom. The molecule has 0 radical (unpaired) electrons. The molecule has 0 unspecified atom stereocenters. The number of hydrogen-bond donors (Lipinski definition) is 1. The van der Waals surface area contributed by atoms with Crippen molar-refractivity contribution in [2.24, 2.45) is 0 Å². The van der Waals surface area contributed by atoms with Crippen LogP contribution in [0.1, 0.15) is 13.8 Å². The van der Waals surface area contributed by atoms with E-state index in [-0.39, 0.29) is 30.5 Å². The van der Waals surface area contributed by atoms with Crippen molar-refractivity contribution >= 4 is 40.7 Å². The van der Waals surface area contributed by atoms with E-state index in [9.17, 15) is 4.79 Å². The van der Waals surface area contributed by atoms with Crippen LogP contribution in [0.25, 0.3) is 0 Å². The highest BCUT2D eigenvalue weighted by Crippen LogP contribution is 2.48. The number of nitrogens with one attached hydrogen (secondary N) is 1. The number of halogens is 3. The zero-order valence-electron chi connectivity index (χ0n) is 9.65. The van der Waals surface area contributed by atoms with E-state index >= 15 is 0 Å². The van der Waals surface area contributed by atoms with E-state index in [1.807, 2.05) is 13.8 Å². The minimum atomic E-state index is -1.99. The van der Waals surface area contributed by atoms with E-state index in [0.29, 0.717) is 0 Å². The van der Waals surface area contributed by atoms with E-state index in [2.05, 4.69) is 5.32 Å². The fourth-order valence-corrected chi connectivity index (χ4v) is 2.79. The Kier molecular flexibility index (Phi) is 2.84. The zero-order valence-corrected chi connectivity index (χ0v) is 11.9. The first-order valence-corrected chi connectivity index (χ1v) is 6.71. The predicted molar refractivity (Wildman–Crippen MR) is 64.7 cm³/mol. The van der Waals surface area contributed by atoms with E-state index in [0.717, 1.165) is 0 Å². The Labute approximate surface area is 119 Å². The molecule has 0 aromatic rings. The summed E-state index contributed by atoms with van der Waals surface area (Å²) in [4.78, 5) is 11.7. The summed E-state index contributed by atoms with van der Waals surface area (Å²) in [5, 5.41) is 2.65. The van der Waals surface area contributed by atoms with Gasteiger partial charge in [-0.2, -0.15) is 0 Å². The average Bonchev–Trinajstić information content (AvgIpc) is 2.85. The molecule has 0 spiro atoms. The number of ether oxygens (including phenoxy) is 3. The predicted octanol–water partition coefficient (Wildman–Crippen LogP) is 1.14. The van der Waals surface area contributed by atoms with Crippen molar-refractivity contribution in [2.75, 3.05) is 0 Å². The maximum absolute atomic E-state index is 11.7. The molecule has 1 N–H and O–H groups in total. The molecule has 1 amide bonds. The minimum absolute atomic E-state index is 0.0440. The first kappa shape index (κ1) is 13.2. The highest BCUT2D eigenvalue weighted by Gasteiger charge is 2.68. The summed E-state index contributed by atoms with van der Waals surface area (Å²) in [6.45, 7) is 3.63. The molecule has 8 heteroatoms. The van der Waals surface area contributed by atoms with Gasteiger partial charge in [-0.15, -0.1) is 0 Å². The summed E-state index contributed by atoms with van der Waals surface area (Å²) in [7, 11) is 0. The SMILES string of the molecule is CC1(C)O[C@H]2[C@@H]3O[C@@H]3[C@H](NC(=O)C(Cl)(Cl)Cl)[C@H]2O1. The summed E-state index contributed by atoms with van der Waals surface area (Å²) in [6, 6.07) is -0.343. The van der Waals surface area contributed by atoms with Crippen LogP contribution in [0.15, 0.2) is 0 Å². The van der Waals surface area contributed by atoms with Gasteiger partial charge in [-0.05, 0) is 13.8 Å². The van der Waals surface area contributed by atoms with E-state index in [1.54, 1.807) is 0 Å². The summed E-state index contributed by atoms with van der Waals surface area (Å²) in [5.74, 6) is -1.37. The Morgan fingerprint density at radius 3 is 2.33 bits per heavy atom. The summed E-state index contributed by atoms with van der Waals surface area (Å²) >= 11 is 16.6. The van der Waals surface area contributed by atoms with Crippen molar-refractivity contribution < 1.29 is 19.0 Å². The van der Waals surface area contributed by atoms with Crippen molar-refractivity contribution in [3.8, 4) is 0 Å². The number of carbonyl (C=O) groups is 1.